The van der Waals surface area contributed by atoms with Crippen LogP contribution in [0.1, 0.15) is 11.4 Å². The molecule has 0 atom stereocenters. The third kappa shape index (κ3) is 4.82. The molecule has 10 rings (SSSR count). The molecule has 8 bridgehead atoms. The van der Waals surface area contributed by atoms with E-state index in [1.165, 1.54) is 0 Å². The Morgan fingerprint density at radius 3 is 1.23 bits per heavy atom. The van der Waals surface area contributed by atoms with E-state index in [0.717, 1.165) is 101 Å². The average molecular weight is 670 g/mol. The Morgan fingerprint density at radius 2 is 0.788 bits per heavy atom. The van der Waals surface area contributed by atoms with Gasteiger partial charge in [0.2, 0.25) is 0 Å². The Bertz CT molecular complexity index is 2830. The van der Waals surface area contributed by atoms with Crippen LogP contribution < -0.4 is 0 Å². The summed E-state index contributed by atoms with van der Waals surface area (Å²) in [5.74, 6) is 0. The first kappa shape index (κ1) is 29.8. The minimum atomic E-state index is 0.739. The van der Waals surface area contributed by atoms with E-state index in [4.69, 9.17) is 15.1 Å². The summed E-state index contributed by atoms with van der Waals surface area (Å²) in [6.45, 7) is 0. The number of hydrogen-bond acceptors (Lipinski definition) is 4. The van der Waals surface area contributed by atoms with Gasteiger partial charge in [-0.15, -0.1) is 5.10 Å². The van der Waals surface area contributed by atoms with Crippen LogP contribution in [0.5, 0.6) is 0 Å². The minimum Gasteiger partial charge on any atom is -0.354 e. The summed E-state index contributed by atoms with van der Waals surface area (Å²) >= 11 is 0. The van der Waals surface area contributed by atoms with Crippen molar-refractivity contribution in [1.29, 1.82) is 0 Å². The van der Waals surface area contributed by atoms with Crippen LogP contribution in [0.4, 0.5) is 0 Å². The topological polar surface area (TPSA) is 88.1 Å². The fraction of sp³-hybridized carbons (Fsp3) is 0.0222. The minimum absolute atomic E-state index is 0.739. The summed E-state index contributed by atoms with van der Waals surface area (Å²) in [6.07, 6.45) is 4.25. The SMILES string of the molecule is Cn1nnc2c1-c1nc-2c(-c2ccccc2)c2ccc([nH]2)c(-c2ccccc2)c2nc(c(-c3ccccc3)c3ccc([nH]3)c1-c1ccccc1)C=C2. The Morgan fingerprint density at radius 1 is 0.404 bits per heavy atom. The summed E-state index contributed by atoms with van der Waals surface area (Å²) in [6, 6.07) is 50.3. The molecular formula is C45H31N7. The zero-order chi connectivity index (χ0) is 34.6. The van der Waals surface area contributed by atoms with Crippen molar-refractivity contribution in [2.75, 3.05) is 0 Å². The standard InChI is InChI=1S/C45H31N7/c1-52-45-43-41(31-20-12-5-13-21-31)37-27-25-35(48-37)39(29-16-8-3-9-17-29)33-23-22-32(46-33)38(28-14-6-2-7-15-28)34-24-26-36(47-34)40(30-18-10-4-11-19-30)42(49-43)44(45)50-51-52/h2-27,47-48H,1H3. The zero-order valence-corrected chi connectivity index (χ0v) is 28.2. The van der Waals surface area contributed by atoms with E-state index in [2.05, 4.69) is 149 Å². The van der Waals surface area contributed by atoms with Crippen LogP contribution in [0.15, 0.2) is 146 Å². The lowest BCUT2D eigenvalue weighted by atomic mass is 10.0. The van der Waals surface area contributed by atoms with Crippen LogP contribution in [-0.2, 0) is 7.05 Å². The van der Waals surface area contributed by atoms with Crippen molar-refractivity contribution in [3.8, 4) is 67.3 Å². The molecule has 0 amide bonds. The van der Waals surface area contributed by atoms with Gasteiger partial charge in [-0.25, -0.2) is 14.6 Å². The predicted molar refractivity (Wildman–Crippen MR) is 211 cm³/mol. The number of nitrogens with one attached hydrogen (secondary N) is 2. The Balaban J connectivity index is 1.45. The van der Waals surface area contributed by atoms with E-state index in [0.29, 0.717) is 0 Å². The van der Waals surface area contributed by atoms with E-state index >= 15 is 0 Å². The molecule has 0 saturated carbocycles. The van der Waals surface area contributed by atoms with E-state index in [1.54, 1.807) is 0 Å². The van der Waals surface area contributed by atoms with E-state index in [9.17, 15) is 0 Å². The highest BCUT2D eigenvalue weighted by atomic mass is 15.4. The summed E-state index contributed by atoms with van der Waals surface area (Å²) in [4.78, 5) is 18.5. The molecule has 0 aliphatic carbocycles. The molecule has 0 unspecified atom stereocenters. The van der Waals surface area contributed by atoms with E-state index in [-0.39, 0.29) is 0 Å². The van der Waals surface area contributed by atoms with Gasteiger partial charge in [0.1, 0.15) is 22.8 Å². The molecular weight excluding hydrogens is 639 g/mol. The van der Waals surface area contributed by atoms with Crippen LogP contribution in [0.3, 0.4) is 0 Å². The molecule has 0 fully saturated rings. The molecule has 7 heteroatoms. The smallest absolute Gasteiger partial charge is 0.141 e. The molecule has 2 aliphatic rings. The molecule has 8 aromatic rings. The number of hydrogen-bond donors (Lipinski definition) is 2. The lowest BCUT2D eigenvalue weighted by Gasteiger charge is -2.07. The monoisotopic (exact) mass is 669 g/mol. The van der Waals surface area contributed by atoms with Gasteiger partial charge in [0.05, 0.1) is 11.4 Å². The Labute approximate surface area is 299 Å². The van der Waals surface area contributed by atoms with Crippen molar-refractivity contribution < 1.29 is 0 Å². The maximum Gasteiger partial charge on any atom is 0.141 e. The van der Waals surface area contributed by atoms with Crippen molar-refractivity contribution in [2.24, 2.45) is 7.05 Å². The lowest BCUT2D eigenvalue weighted by molar-refractivity contribution is 0.718. The molecule has 4 aromatic carbocycles. The highest BCUT2D eigenvalue weighted by molar-refractivity contribution is 6.03. The quantitative estimate of drug-likeness (QED) is 0.195. The van der Waals surface area contributed by atoms with Gasteiger partial charge in [-0.3, -0.25) is 0 Å². The van der Waals surface area contributed by atoms with Gasteiger partial charge < -0.3 is 9.97 Å². The molecule has 2 N–H and O–H groups in total. The molecule has 246 valence electrons. The Hall–Kier alpha value is -7.12. The molecule has 7 nitrogen and oxygen atoms in total. The number of aromatic nitrogens is 7. The second kappa shape index (κ2) is 12.0. The van der Waals surface area contributed by atoms with Gasteiger partial charge in [-0.1, -0.05) is 127 Å². The third-order valence-electron chi connectivity index (χ3n) is 9.82. The lowest BCUT2D eigenvalue weighted by Crippen LogP contribution is -1.95. The van der Waals surface area contributed by atoms with Crippen LogP contribution in [-0.4, -0.2) is 34.9 Å². The van der Waals surface area contributed by atoms with Gasteiger partial charge in [0.15, 0.2) is 0 Å². The van der Waals surface area contributed by atoms with Crippen molar-refractivity contribution in [3.05, 3.63) is 157 Å². The second-order valence-corrected chi connectivity index (χ2v) is 13.0. The number of aryl methyl sites for hydroxylation is 1. The molecule has 4 aromatic heterocycles. The van der Waals surface area contributed by atoms with Crippen molar-refractivity contribution in [3.63, 3.8) is 0 Å². The number of nitrogens with zero attached hydrogens (tertiary/aromatic N) is 5. The van der Waals surface area contributed by atoms with Gasteiger partial charge in [0.25, 0.3) is 0 Å². The van der Waals surface area contributed by atoms with Crippen LogP contribution in [0, 0.1) is 0 Å². The van der Waals surface area contributed by atoms with Crippen LogP contribution >= 0.6 is 0 Å². The van der Waals surface area contributed by atoms with Gasteiger partial charge in [-0.05, 0) is 58.7 Å². The summed E-state index contributed by atoms with van der Waals surface area (Å²) in [7, 11) is 1.94. The van der Waals surface area contributed by atoms with Gasteiger partial charge in [0, 0.05) is 51.4 Å². The molecule has 0 spiro atoms. The average Bonchev–Trinajstić information content (AvgIpc) is 4.05. The molecule has 0 saturated heterocycles. The Kier molecular flexibility index (Phi) is 6.89. The number of rotatable bonds is 4. The first-order chi connectivity index (χ1) is 25.7. The summed E-state index contributed by atoms with van der Waals surface area (Å²) < 4.78 is 1.84. The number of aromatic amines is 2. The number of fused-ring (bicyclic) bond motifs is 11. The fourth-order valence-electron chi connectivity index (χ4n) is 7.50. The highest BCUT2D eigenvalue weighted by Crippen LogP contribution is 2.45. The van der Waals surface area contributed by atoms with Crippen molar-refractivity contribution in [1.82, 2.24) is 34.9 Å². The number of benzene rings is 4. The molecule has 52 heavy (non-hydrogen) atoms. The van der Waals surface area contributed by atoms with Crippen LogP contribution in [0.2, 0.25) is 0 Å². The molecule has 6 heterocycles. The predicted octanol–water partition coefficient (Wildman–Crippen LogP) is 10.6. The van der Waals surface area contributed by atoms with Gasteiger partial charge >= 0.3 is 0 Å². The summed E-state index contributed by atoms with van der Waals surface area (Å²) in [5.41, 5.74) is 16.8. The maximum atomic E-state index is 5.53. The van der Waals surface area contributed by atoms with E-state index in [1.807, 2.05) is 36.0 Å². The first-order valence-electron chi connectivity index (χ1n) is 17.3. The van der Waals surface area contributed by atoms with Gasteiger partial charge in [-0.2, -0.15) is 0 Å². The maximum absolute atomic E-state index is 5.53. The van der Waals surface area contributed by atoms with Crippen molar-refractivity contribution >= 4 is 34.2 Å². The highest BCUT2D eigenvalue weighted by Gasteiger charge is 2.30. The van der Waals surface area contributed by atoms with Crippen molar-refractivity contribution in [2.45, 2.75) is 0 Å². The second-order valence-electron chi connectivity index (χ2n) is 13.0. The van der Waals surface area contributed by atoms with E-state index < -0.39 is 0 Å². The molecule has 0 radical (unpaired) electrons. The summed E-state index contributed by atoms with van der Waals surface area (Å²) in [5, 5.41) is 9.31. The normalized spacial score (nSPS) is 11.9. The zero-order valence-electron chi connectivity index (χ0n) is 28.2. The fourth-order valence-corrected chi connectivity index (χ4v) is 7.50. The van der Waals surface area contributed by atoms with Crippen LogP contribution in [0.25, 0.3) is 102 Å². The third-order valence-corrected chi connectivity index (χ3v) is 9.82. The molecule has 2 aliphatic heterocycles. The first-order valence-corrected chi connectivity index (χ1v) is 17.3. The largest absolute Gasteiger partial charge is 0.354 e. The number of H-pyrrole nitrogens is 2.